The molecule has 0 bridgehead atoms. The van der Waals surface area contributed by atoms with E-state index in [2.05, 4.69) is 34.9 Å². The lowest BCUT2D eigenvalue weighted by Crippen LogP contribution is -1.97. The Hall–Kier alpha value is -2.78. The number of imidazole rings is 1. The molecule has 0 aliphatic heterocycles. The van der Waals surface area contributed by atoms with Crippen LogP contribution in [0.2, 0.25) is 5.02 Å². The summed E-state index contributed by atoms with van der Waals surface area (Å²) >= 11 is 6.30. The number of fused-ring (bicyclic) bond motifs is 1. The van der Waals surface area contributed by atoms with Crippen LogP contribution in [0.4, 0.5) is 0 Å². The van der Waals surface area contributed by atoms with E-state index in [4.69, 9.17) is 21.3 Å². The normalized spacial score (nSPS) is 11.0. The van der Waals surface area contributed by atoms with E-state index in [0.717, 1.165) is 28.1 Å². The summed E-state index contributed by atoms with van der Waals surface area (Å²) in [7, 11) is 1.61. The maximum Gasteiger partial charge on any atom is 0.137 e. The zero-order valence-corrected chi connectivity index (χ0v) is 14.8. The van der Waals surface area contributed by atoms with Gasteiger partial charge in [-0.2, -0.15) is 0 Å². The van der Waals surface area contributed by atoms with E-state index in [-0.39, 0.29) is 0 Å². The third kappa shape index (κ3) is 2.77. The first-order valence-corrected chi connectivity index (χ1v) is 8.43. The topological polar surface area (TPSA) is 27.1 Å². The van der Waals surface area contributed by atoms with Crippen LogP contribution < -0.4 is 4.74 Å². The van der Waals surface area contributed by atoms with Gasteiger partial charge in [-0.3, -0.25) is 4.57 Å². The second-order valence-corrected chi connectivity index (χ2v) is 6.29. The lowest BCUT2D eigenvalue weighted by molar-refractivity contribution is 0.415. The number of aromatic nitrogens is 2. The highest BCUT2D eigenvalue weighted by Gasteiger charge is 2.12. The number of benzene rings is 3. The highest BCUT2D eigenvalue weighted by molar-refractivity contribution is 6.32. The zero-order valence-electron chi connectivity index (χ0n) is 14.0. The molecule has 25 heavy (non-hydrogen) atoms. The van der Waals surface area contributed by atoms with Crippen molar-refractivity contribution in [2.24, 2.45) is 0 Å². The lowest BCUT2D eigenvalue weighted by atomic mass is 10.1. The van der Waals surface area contributed by atoms with Crippen molar-refractivity contribution >= 4 is 22.6 Å². The monoisotopic (exact) mass is 348 g/mol. The van der Waals surface area contributed by atoms with Gasteiger partial charge in [0.1, 0.15) is 11.6 Å². The Balaban J connectivity index is 1.86. The second-order valence-electron chi connectivity index (χ2n) is 5.88. The van der Waals surface area contributed by atoms with E-state index in [1.165, 1.54) is 5.56 Å². The van der Waals surface area contributed by atoms with Gasteiger partial charge in [0, 0.05) is 5.69 Å². The molecule has 0 N–H and O–H groups in total. The summed E-state index contributed by atoms with van der Waals surface area (Å²) in [5.41, 5.74) is 5.33. The Morgan fingerprint density at radius 2 is 1.72 bits per heavy atom. The van der Waals surface area contributed by atoms with E-state index < -0.39 is 0 Å². The summed E-state index contributed by atoms with van der Waals surface area (Å²) in [5, 5.41) is 0.585. The number of hydrogen-bond donors (Lipinski definition) is 0. The molecule has 0 saturated heterocycles. The van der Waals surface area contributed by atoms with Crippen molar-refractivity contribution in [3.8, 4) is 22.6 Å². The first-order chi connectivity index (χ1) is 12.2. The van der Waals surface area contributed by atoms with Gasteiger partial charge in [-0.15, -0.1) is 0 Å². The first kappa shape index (κ1) is 15.7. The van der Waals surface area contributed by atoms with Gasteiger partial charge in [0.2, 0.25) is 0 Å². The summed E-state index contributed by atoms with van der Waals surface area (Å²) in [6.07, 6.45) is 0. The number of nitrogens with zero attached hydrogens (tertiary/aromatic N) is 2. The fraction of sp³-hybridized carbons (Fsp3) is 0.0952. The quantitative estimate of drug-likeness (QED) is 0.477. The largest absolute Gasteiger partial charge is 0.495 e. The predicted octanol–water partition coefficient (Wildman–Crippen LogP) is 5.66. The third-order valence-corrected chi connectivity index (χ3v) is 4.62. The van der Waals surface area contributed by atoms with Crippen LogP contribution >= 0.6 is 11.6 Å². The van der Waals surface area contributed by atoms with Crippen molar-refractivity contribution < 1.29 is 4.74 Å². The van der Waals surface area contributed by atoms with E-state index in [9.17, 15) is 0 Å². The summed E-state index contributed by atoms with van der Waals surface area (Å²) in [6.45, 7) is 2.00. The highest BCUT2D eigenvalue weighted by Crippen LogP contribution is 2.30. The molecule has 0 spiro atoms. The van der Waals surface area contributed by atoms with E-state index >= 15 is 0 Å². The maximum atomic E-state index is 6.30. The maximum absolute atomic E-state index is 6.30. The van der Waals surface area contributed by atoms with Crippen LogP contribution in [0.3, 0.4) is 0 Å². The Kier molecular flexibility index (Phi) is 3.94. The van der Waals surface area contributed by atoms with Crippen LogP contribution in [0.5, 0.6) is 5.75 Å². The van der Waals surface area contributed by atoms with Crippen molar-refractivity contribution in [3.63, 3.8) is 0 Å². The molecule has 0 fully saturated rings. The molecular weight excluding hydrogens is 332 g/mol. The molecule has 3 aromatic carbocycles. The van der Waals surface area contributed by atoms with Gasteiger partial charge in [0.05, 0.1) is 23.2 Å². The lowest BCUT2D eigenvalue weighted by Gasteiger charge is -2.10. The Bertz CT molecular complexity index is 1050. The van der Waals surface area contributed by atoms with Gasteiger partial charge in [0.25, 0.3) is 0 Å². The minimum absolute atomic E-state index is 0.585. The molecule has 3 nitrogen and oxygen atoms in total. The van der Waals surface area contributed by atoms with Crippen LogP contribution in [0, 0.1) is 6.92 Å². The molecule has 0 saturated carbocycles. The molecule has 0 unspecified atom stereocenters. The fourth-order valence-electron chi connectivity index (χ4n) is 3.13. The van der Waals surface area contributed by atoms with Crippen molar-refractivity contribution in [1.29, 1.82) is 0 Å². The van der Waals surface area contributed by atoms with Gasteiger partial charge in [0.15, 0.2) is 0 Å². The standard InChI is InChI=1S/C21H17ClN2O/c1-14-23-19-12-16(15-6-4-3-5-7-15)8-10-20(19)24(14)17-9-11-21(25-2)18(22)13-17/h3-13H,1-2H3. The van der Waals surface area contributed by atoms with E-state index in [1.54, 1.807) is 7.11 Å². The van der Waals surface area contributed by atoms with Crippen LogP contribution in [0.1, 0.15) is 5.82 Å². The van der Waals surface area contributed by atoms with Crippen molar-refractivity contribution in [3.05, 3.63) is 77.6 Å². The minimum Gasteiger partial charge on any atom is -0.495 e. The van der Waals surface area contributed by atoms with Crippen LogP contribution in [-0.2, 0) is 0 Å². The molecular formula is C21H17ClN2O. The molecule has 0 aliphatic carbocycles. The highest BCUT2D eigenvalue weighted by atomic mass is 35.5. The van der Waals surface area contributed by atoms with Crippen LogP contribution in [0.25, 0.3) is 27.8 Å². The smallest absolute Gasteiger partial charge is 0.137 e. The number of aryl methyl sites for hydroxylation is 1. The Labute approximate surface area is 151 Å². The molecule has 4 aromatic rings. The third-order valence-electron chi connectivity index (χ3n) is 4.32. The first-order valence-electron chi connectivity index (χ1n) is 8.06. The van der Waals surface area contributed by atoms with Crippen molar-refractivity contribution in [2.75, 3.05) is 7.11 Å². The molecule has 1 aromatic heterocycles. The van der Waals surface area contributed by atoms with E-state index in [0.29, 0.717) is 10.8 Å². The summed E-state index contributed by atoms with van der Waals surface area (Å²) < 4.78 is 7.35. The number of rotatable bonds is 3. The summed E-state index contributed by atoms with van der Waals surface area (Å²) in [6, 6.07) is 22.4. The second kappa shape index (κ2) is 6.26. The SMILES string of the molecule is COc1ccc(-n2c(C)nc3cc(-c4ccccc4)ccc32)cc1Cl. The summed E-state index contributed by atoms with van der Waals surface area (Å²) in [4.78, 5) is 4.74. The Morgan fingerprint density at radius 1 is 0.920 bits per heavy atom. The van der Waals surface area contributed by atoms with Gasteiger partial charge in [-0.05, 0) is 48.4 Å². The van der Waals surface area contributed by atoms with Gasteiger partial charge >= 0.3 is 0 Å². The fourth-order valence-corrected chi connectivity index (χ4v) is 3.38. The predicted molar refractivity (Wildman–Crippen MR) is 103 cm³/mol. The molecule has 1 heterocycles. The molecule has 4 rings (SSSR count). The van der Waals surface area contributed by atoms with Crippen LogP contribution in [-0.4, -0.2) is 16.7 Å². The average molecular weight is 349 g/mol. The number of halogens is 1. The molecule has 0 aliphatic rings. The van der Waals surface area contributed by atoms with Crippen molar-refractivity contribution in [2.45, 2.75) is 6.92 Å². The molecule has 0 radical (unpaired) electrons. The molecule has 0 atom stereocenters. The van der Waals surface area contributed by atoms with Gasteiger partial charge < -0.3 is 4.74 Å². The minimum atomic E-state index is 0.585. The molecule has 124 valence electrons. The van der Waals surface area contributed by atoms with E-state index in [1.807, 2.05) is 43.3 Å². The molecule has 4 heteroatoms. The van der Waals surface area contributed by atoms with Crippen molar-refractivity contribution in [1.82, 2.24) is 9.55 Å². The number of hydrogen-bond acceptors (Lipinski definition) is 2. The average Bonchev–Trinajstić information content (AvgIpc) is 2.97. The summed E-state index contributed by atoms with van der Waals surface area (Å²) in [5.74, 6) is 1.58. The molecule has 0 amide bonds. The zero-order chi connectivity index (χ0) is 17.4. The number of methoxy groups -OCH3 is 1. The van der Waals surface area contributed by atoms with Crippen LogP contribution in [0.15, 0.2) is 66.7 Å². The van der Waals surface area contributed by atoms with Gasteiger partial charge in [-0.1, -0.05) is 48.0 Å². The number of ether oxygens (including phenoxy) is 1. The van der Waals surface area contributed by atoms with Gasteiger partial charge in [-0.25, -0.2) is 4.98 Å². The Morgan fingerprint density at radius 3 is 2.44 bits per heavy atom.